The number of ether oxygens (including phenoxy) is 2. The summed E-state index contributed by atoms with van der Waals surface area (Å²) in [6, 6.07) is 18.0. The molecule has 258 valence electrons. The van der Waals surface area contributed by atoms with Crippen LogP contribution >= 0.6 is 0 Å². The molecule has 0 saturated carbocycles. The fraction of sp³-hybridized carbons (Fsp3) is 0.405. The van der Waals surface area contributed by atoms with Crippen molar-refractivity contribution in [3.8, 4) is 0 Å². The molecule has 0 aliphatic rings. The maximum absolute atomic E-state index is 13.7. The van der Waals surface area contributed by atoms with Crippen LogP contribution in [0.3, 0.4) is 0 Å². The first-order chi connectivity index (χ1) is 23.0. The minimum absolute atomic E-state index is 0.0964. The van der Waals surface area contributed by atoms with Crippen LogP contribution in [0.4, 0.5) is 27.7 Å². The van der Waals surface area contributed by atoms with Gasteiger partial charge in [0.2, 0.25) is 0 Å². The molecule has 0 unspecified atom stereocenters. The molecule has 11 heteroatoms. The fourth-order valence-corrected chi connectivity index (χ4v) is 4.96. The molecule has 0 aliphatic carbocycles. The normalized spacial score (nSPS) is 11.6. The summed E-state index contributed by atoms with van der Waals surface area (Å²) in [5, 5.41) is 3.33. The van der Waals surface area contributed by atoms with Gasteiger partial charge >= 0.3 is 6.09 Å². The van der Waals surface area contributed by atoms with E-state index in [9.17, 15) is 9.59 Å². The number of carbonyl (C=O) groups is 2. The molecule has 5 N–H and O–H groups in total. The van der Waals surface area contributed by atoms with Crippen LogP contribution in [0.1, 0.15) is 75.7 Å². The molecule has 2 amide bonds. The number of nitrogens with two attached hydrogens (primary N) is 2. The number of rotatable bonds is 18. The van der Waals surface area contributed by atoms with Gasteiger partial charge in [-0.05, 0) is 88.2 Å². The van der Waals surface area contributed by atoms with Crippen LogP contribution in [-0.2, 0) is 9.47 Å². The van der Waals surface area contributed by atoms with Gasteiger partial charge in [-0.15, -0.1) is 0 Å². The third kappa shape index (κ3) is 11.4. The van der Waals surface area contributed by atoms with Gasteiger partial charge in [0.15, 0.2) is 0 Å². The number of carbonyl (C=O) groups excluding carboxylic acids is 2. The predicted molar refractivity (Wildman–Crippen MR) is 196 cm³/mol. The summed E-state index contributed by atoms with van der Waals surface area (Å²) in [5.41, 5.74) is 15.9. The number of aliphatic imine (C=N–C) groups is 1. The Balaban J connectivity index is 1.61. The SMILES string of the molecule is C=C(CNc1ccc(/C(N)=N\C(=O)OCCCCCC)cc1)N(C)c1ccc(C(=O)N(CCC(C)(C)OCC)c2ccccn2)cc1N. The molecule has 3 aromatic rings. The highest BCUT2D eigenvalue weighted by Gasteiger charge is 2.25. The lowest BCUT2D eigenvalue weighted by molar-refractivity contribution is -0.0143. The molecule has 0 aliphatic heterocycles. The van der Waals surface area contributed by atoms with Crippen LogP contribution in [0.15, 0.2) is 84.1 Å². The molecule has 0 saturated heterocycles. The number of likely N-dealkylation sites (N-methyl/N-ethyl adjacent to an activating group) is 1. The van der Waals surface area contributed by atoms with E-state index in [2.05, 4.69) is 28.8 Å². The molecule has 0 radical (unpaired) electrons. The van der Waals surface area contributed by atoms with Gasteiger partial charge in [-0.2, -0.15) is 4.99 Å². The maximum atomic E-state index is 13.7. The highest BCUT2D eigenvalue weighted by Crippen LogP contribution is 2.28. The first-order valence-corrected chi connectivity index (χ1v) is 16.5. The van der Waals surface area contributed by atoms with Gasteiger partial charge in [0, 0.05) is 48.9 Å². The minimum Gasteiger partial charge on any atom is -0.448 e. The molecular formula is C37H51N7O4. The maximum Gasteiger partial charge on any atom is 0.435 e. The van der Waals surface area contributed by atoms with Crippen molar-refractivity contribution in [2.45, 2.75) is 65.4 Å². The van der Waals surface area contributed by atoms with Gasteiger partial charge in [0.25, 0.3) is 5.91 Å². The van der Waals surface area contributed by atoms with Crippen molar-refractivity contribution < 1.29 is 19.1 Å². The number of benzene rings is 2. The summed E-state index contributed by atoms with van der Waals surface area (Å²) in [4.78, 5) is 37.5. The average Bonchev–Trinajstić information content (AvgIpc) is 3.07. The number of amides is 2. The standard InChI is InChI=1S/C37H51N7O4/c1-7-9-10-13-24-47-36(46)42-34(39)28-15-18-30(19-16-28)41-26-27(3)43(6)32-20-17-29(25-31(32)38)35(45)44(33-14-11-12-22-40-33)23-21-37(4,5)48-8-2/h11-12,14-20,22,25,41H,3,7-10,13,21,23-24,26,38H2,1-2,4-6H3,(H2,39,42,46). The van der Waals surface area contributed by atoms with Crippen molar-refractivity contribution in [3.63, 3.8) is 0 Å². The minimum atomic E-state index is -0.686. The molecule has 0 fully saturated rings. The van der Waals surface area contributed by atoms with E-state index < -0.39 is 11.7 Å². The van der Waals surface area contributed by atoms with Crippen LogP contribution in [0, 0.1) is 0 Å². The fourth-order valence-electron chi connectivity index (χ4n) is 4.96. The van der Waals surface area contributed by atoms with E-state index in [1.165, 1.54) is 0 Å². The number of nitrogens with one attached hydrogen (secondary N) is 1. The van der Waals surface area contributed by atoms with Gasteiger partial charge in [-0.25, -0.2) is 9.78 Å². The third-order valence-electron chi connectivity index (χ3n) is 7.87. The van der Waals surface area contributed by atoms with Crippen LogP contribution in [-0.4, -0.2) is 61.8 Å². The molecule has 0 bridgehead atoms. The lowest BCUT2D eigenvalue weighted by atomic mass is 10.0. The van der Waals surface area contributed by atoms with E-state index >= 15 is 0 Å². The number of amidine groups is 1. The van der Waals surface area contributed by atoms with Gasteiger partial charge < -0.3 is 31.2 Å². The molecule has 2 aromatic carbocycles. The van der Waals surface area contributed by atoms with Crippen LogP contribution in [0.25, 0.3) is 0 Å². The Morgan fingerprint density at radius 1 is 1.02 bits per heavy atom. The summed E-state index contributed by atoms with van der Waals surface area (Å²) >= 11 is 0. The molecular weight excluding hydrogens is 606 g/mol. The van der Waals surface area contributed by atoms with Crippen LogP contribution in [0.2, 0.25) is 0 Å². The molecule has 11 nitrogen and oxygen atoms in total. The zero-order chi connectivity index (χ0) is 35.1. The molecule has 1 heterocycles. The molecule has 0 atom stereocenters. The second kappa shape index (κ2) is 18.4. The van der Waals surface area contributed by atoms with E-state index in [-0.39, 0.29) is 11.7 Å². The number of hydrogen-bond acceptors (Lipinski definition) is 8. The number of anilines is 4. The number of nitrogens with zero attached hydrogens (tertiary/aromatic N) is 4. The summed E-state index contributed by atoms with van der Waals surface area (Å²) in [7, 11) is 1.87. The number of nitrogen functional groups attached to an aromatic ring is 1. The van der Waals surface area contributed by atoms with E-state index in [4.69, 9.17) is 20.9 Å². The van der Waals surface area contributed by atoms with Crippen LogP contribution in [0.5, 0.6) is 0 Å². The predicted octanol–water partition coefficient (Wildman–Crippen LogP) is 7.00. The zero-order valence-electron chi connectivity index (χ0n) is 29.0. The summed E-state index contributed by atoms with van der Waals surface area (Å²) in [6.45, 7) is 14.1. The number of unbranched alkanes of at least 4 members (excludes halogenated alkanes) is 3. The van der Waals surface area contributed by atoms with Gasteiger partial charge in [-0.3, -0.25) is 9.69 Å². The first kappa shape index (κ1) is 37.6. The largest absolute Gasteiger partial charge is 0.448 e. The van der Waals surface area contributed by atoms with Crippen molar-refractivity contribution >= 4 is 40.7 Å². The lowest BCUT2D eigenvalue weighted by Crippen LogP contribution is -2.37. The van der Waals surface area contributed by atoms with E-state index in [1.807, 2.05) is 69.1 Å². The van der Waals surface area contributed by atoms with E-state index in [0.29, 0.717) is 55.4 Å². The monoisotopic (exact) mass is 657 g/mol. The second-order valence-electron chi connectivity index (χ2n) is 12.1. The number of hydrogen-bond donors (Lipinski definition) is 3. The first-order valence-electron chi connectivity index (χ1n) is 16.5. The Morgan fingerprint density at radius 2 is 1.75 bits per heavy atom. The van der Waals surface area contributed by atoms with Crippen molar-refractivity contribution in [1.29, 1.82) is 0 Å². The Labute approximate surface area is 285 Å². The quantitative estimate of drug-likeness (QED) is 0.0569. The van der Waals surface area contributed by atoms with Gasteiger partial charge in [0.05, 0.1) is 30.1 Å². The molecule has 1 aromatic heterocycles. The number of pyridine rings is 1. The topological polar surface area (TPSA) is 148 Å². The summed E-state index contributed by atoms with van der Waals surface area (Å²) in [5.74, 6) is 0.461. The highest BCUT2D eigenvalue weighted by molar-refractivity contribution is 6.06. The van der Waals surface area contributed by atoms with E-state index in [1.54, 1.807) is 35.4 Å². The lowest BCUT2D eigenvalue weighted by Gasteiger charge is -2.29. The van der Waals surface area contributed by atoms with Crippen molar-refractivity contribution in [3.05, 3.63) is 90.3 Å². The van der Waals surface area contributed by atoms with E-state index in [0.717, 1.165) is 42.8 Å². The number of aromatic nitrogens is 1. The average molecular weight is 658 g/mol. The van der Waals surface area contributed by atoms with Crippen molar-refractivity contribution in [2.24, 2.45) is 10.7 Å². The zero-order valence-corrected chi connectivity index (χ0v) is 29.0. The smallest absolute Gasteiger partial charge is 0.435 e. The highest BCUT2D eigenvalue weighted by atomic mass is 16.5. The summed E-state index contributed by atoms with van der Waals surface area (Å²) in [6.07, 6.45) is 5.66. The van der Waals surface area contributed by atoms with Crippen molar-refractivity contribution in [2.75, 3.05) is 54.2 Å². The van der Waals surface area contributed by atoms with Crippen molar-refractivity contribution in [1.82, 2.24) is 4.98 Å². The van der Waals surface area contributed by atoms with Gasteiger partial charge in [0.1, 0.15) is 11.7 Å². The van der Waals surface area contributed by atoms with Crippen LogP contribution < -0.4 is 26.6 Å². The third-order valence-corrected chi connectivity index (χ3v) is 7.87. The molecule has 48 heavy (non-hydrogen) atoms. The Kier molecular flexibility index (Phi) is 14.4. The molecule has 0 spiro atoms. The second-order valence-corrected chi connectivity index (χ2v) is 12.1. The van der Waals surface area contributed by atoms with Gasteiger partial charge in [-0.1, -0.05) is 38.8 Å². The Bertz CT molecular complexity index is 1520. The molecule has 3 rings (SSSR count). The summed E-state index contributed by atoms with van der Waals surface area (Å²) < 4.78 is 11.0. The Morgan fingerprint density at radius 3 is 2.40 bits per heavy atom. The Hall–Kier alpha value is -4.90.